The standard InChI is InChI=1S/C23H23ClN4O2/c24-19-8-6-18(7-9-19)22-20(14-27-28-22)23(29)26-13-17-10-11-25-21(12-17)30-15-16-4-2-1-3-5-16/h1-12,20,22,27-28H,13-15H2,(H,26,29). The maximum atomic E-state index is 12.8. The van der Waals surface area contributed by atoms with Crippen LogP contribution in [-0.2, 0) is 17.9 Å². The highest BCUT2D eigenvalue weighted by Gasteiger charge is 2.33. The van der Waals surface area contributed by atoms with Gasteiger partial charge in [0.1, 0.15) is 6.61 Å². The van der Waals surface area contributed by atoms with E-state index in [-0.39, 0.29) is 17.9 Å². The summed E-state index contributed by atoms with van der Waals surface area (Å²) >= 11 is 5.97. The van der Waals surface area contributed by atoms with Gasteiger partial charge in [0.25, 0.3) is 0 Å². The van der Waals surface area contributed by atoms with E-state index in [9.17, 15) is 4.79 Å². The van der Waals surface area contributed by atoms with Crippen molar-refractivity contribution in [2.24, 2.45) is 5.92 Å². The van der Waals surface area contributed by atoms with Gasteiger partial charge in [0, 0.05) is 30.4 Å². The van der Waals surface area contributed by atoms with Crippen LogP contribution in [0.15, 0.2) is 72.9 Å². The summed E-state index contributed by atoms with van der Waals surface area (Å²) in [7, 11) is 0. The number of hydrazine groups is 1. The second-order valence-corrected chi connectivity index (χ2v) is 7.59. The molecule has 7 heteroatoms. The number of nitrogens with one attached hydrogen (secondary N) is 3. The van der Waals surface area contributed by atoms with Crippen LogP contribution in [0, 0.1) is 5.92 Å². The van der Waals surface area contributed by atoms with Crippen LogP contribution in [0.4, 0.5) is 0 Å². The van der Waals surface area contributed by atoms with Gasteiger partial charge in [0.05, 0.1) is 12.0 Å². The van der Waals surface area contributed by atoms with E-state index in [1.165, 1.54) is 0 Å². The number of rotatable bonds is 7. The molecule has 1 aromatic heterocycles. The van der Waals surface area contributed by atoms with Crippen LogP contribution in [0.5, 0.6) is 5.88 Å². The second-order valence-electron chi connectivity index (χ2n) is 7.16. The lowest BCUT2D eigenvalue weighted by Crippen LogP contribution is -2.34. The third-order valence-corrected chi connectivity index (χ3v) is 5.30. The summed E-state index contributed by atoms with van der Waals surface area (Å²) < 4.78 is 5.77. The minimum absolute atomic E-state index is 0.0176. The zero-order valence-electron chi connectivity index (χ0n) is 16.3. The summed E-state index contributed by atoms with van der Waals surface area (Å²) in [5.41, 5.74) is 9.29. The number of carbonyl (C=O) groups is 1. The van der Waals surface area contributed by atoms with Crippen LogP contribution >= 0.6 is 11.6 Å². The van der Waals surface area contributed by atoms with Gasteiger partial charge >= 0.3 is 0 Å². The van der Waals surface area contributed by atoms with E-state index in [4.69, 9.17) is 16.3 Å². The molecular formula is C23H23ClN4O2. The second kappa shape index (κ2) is 9.71. The molecule has 2 unspecified atom stereocenters. The highest BCUT2D eigenvalue weighted by Crippen LogP contribution is 2.26. The third-order valence-electron chi connectivity index (χ3n) is 5.04. The van der Waals surface area contributed by atoms with E-state index in [2.05, 4.69) is 21.2 Å². The summed E-state index contributed by atoms with van der Waals surface area (Å²) in [6.45, 7) is 1.42. The van der Waals surface area contributed by atoms with E-state index in [0.29, 0.717) is 30.6 Å². The monoisotopic (exact) mass is 422 g/mol. The third kappa shape index (κ3) is 5.16. The lowest BCUT2D eigenvalue weighted by atomic mass is 9.94. The molecule has 1 amide bonds. The van der Waals surface area contributed by atoms with Crippen LogP contribution in [-0.4, -0.2) is 17.4 Å². The van der Waals surface area contributed by atoms with Crippen LogP contribution in [0.3, 0.4) is 0 Å². The number of hydrogen-bond acceptors (Lipinski definition) is 5. The molecule has 1 aliphatic heterocycles. The molecule has 3 aromatic rings. The largest absolute Gasteiger partial charge is 0.473 e. The lowest BCUT2D eigenvalue weighted by Gasteiger charge is -2.18. The number of halogens is 1. The molecule has 0 spiro atoms. The Labute approximate surface area is 180 Å². The van der Waals surface area contributed by atoms with Crippen molar-refractivity contribution < 1.29 is 9.53 Å². The molecule has 6 nitrogen and oxygen atoms in total. The van der Waals surface area contributed by atoms with Crippen molar-refractivity contribution in [3.05, 3.63) is 94.6 Å². The van der Waals surface area contributed by atoms with Gasteiger partial charge in [-0.15, -0.1) is 0 Å². The number of pyridine rings is 1. The first-order valence-corrected chi connectivity index (χ1v) is 10.2. The van der Waals surface area contributed by atoms with E-state index >= 15 is 0 Å². The van der Waals surface area contributed by atoms with Crippen molar-refractivity contribution >= 4 is 17.5 Å². The molecule has 3 N–H and O–H groups in total. The molecule has 2 atom stereocenters. The topological polar surface area (TPSA) is 75.3 Å². The van der Waals surface area contributed by atoms with Gasteiger partial charge in [0.15, 0.2) is 0 Å². The lowest BCUT2D eigenvalue weighted by molar-refractivity contribution is -0.125. The fourth-order valence-electron chi connectivity index (χ4n) is 3.42. The molecule has 1 aliphatic rings. The highest BCUT2D eigenvalue weighted by atomic mass is 35.5. The maximum absolute atomic E-state index is 12.8. The van der Waals surface area contributed by atoms with E-state index < -0.39 is 0 Å². The smallest absolute Gasteiger partial charge is 0.226 e. The summed E-state index contributed by atoms with van der Waals surface area (Å²) in [4.78, 5) is 17.1. The normalized spacial score (nSPS) is 18.2. The van der Waals surface area contributed by atoms with Crippen molar-refractivity contribution in [3.8, 4) is 5.88 Å². The SMILES string of the molecule is O=C(NCc1ccnc(OCc2ccccc2)c1)C1CNNC1c1ccc(Cl)cc1. The predicted molar refractivity (Wildman–Crippen MR) is 116 cm³/mol. The van der Waals surface area contributed by atoms with Crippen LogP contribution in [0.1, 0.15) is 22.7 Å². The average molecular weight is 423 g/mol. The zero-order chi connectivity index (χ0) is 20.8. The Bertz CT molecular complexity index is 982. The summed E-state index contributed by atoms with van der Waals surface area (Å²) in [6, 6.07) is 21.1. The van der Waals surface area contributed by atoms with Crippen molar-refractivity contribution in [1.82, 2.24) is 21.2 Å². The van der Waals surface area contributed by atoms with E-state index in [1.807, 2.05) is 66.7 Å². The molecule has 30 heavy (non-hydrogen) atoms. The molecule has 1 fully saturated rings. The Morgan fingerprint density at radius 3 is 2.70 bits per heavy atom. The van der Waals surface area contributed by atoms with Gasteiger partial charge in [-0.05, 0) is 34.9 Å². The zero-order valence-corrected chi connectivity index (χ0v) is 17.1. The van der Waals surface area contributed by atoms with Crippen LogP contribution in [0.2, 0.25) is 5.02 Å². The Kier molecular flexibility index (Phi) is 6.59. The molecule has 0 radical (unpaired) electrons. The van der Waals surface area contributed by atoms with Gasteiger partial charge in [0.2, 0.25) is 11.8 Å². The summed E-state index contributed by atoms with van der Waals surface area (Å²) in [5, 5.41) is 3.70. The first-order chi connectivity index (χ1) is 14.7. The van der Waals surface area contributed by atoms with Gasteiger partial charge in [-0.2, -0.15) is 0 Å². The molecule has 0 aliphatic carbocycles. The molecule has 2 aromatic carbocycles. The number of ether oxygens (including phenoxy) is 1. The van der Waals surface area contributed by atoms with Crippen molar-refractivity contribution in [2.45, 2.75) is 19.2 Å². The Morgan fingerprint density at radius 1 is 1.10 bits per heavy atom. The first kappa shape index (κ1) is 20.3. The van der Waals surface area contributed by atoms with Gasteiger partial charge in [-0.3, -0.25) is 10.2 Å². The number of aromatic nitrogens is 1. The van der Waals surface area contributed by atoms with Crippen LogP contribution < -0.4 is 20.9 Å². The Hall–Kier alpha value is -2.93. The quantitative estimate of drug-likeness (QED) is 0.544. The number of amides is 1. The fraction of sp³-hybridized carbons (Fsp3) is 0.217. The average Bonchev–Trinajstić information content (AvgIpc) is 3.28. The minimum atomic E-state index is -0.221. The van der Waals surface area contributed by atoms with Crippen molar-refractivity contribution in [1.29, 1.82) is 0 Å². The minimum Gasteiger partial charge on any atom is -0.473 e. The Balaban J connectivity index is 1.33. The number of hydrogen-bond donors (Lipinski definition) is 3. The molecule has 154 valence electrons. The number of carbonyl (C=O) groups excluding carboxylic acids is 1. The molecule has 2 heterocycles. The van der Waals surface area contributed by atoms with Crippen LogP contribution in [0.25, 0.3) is 0 Å². The molecule has 4 rings (SSSR count). The van der Waals surface area contributed by atoms with E-state index in [0.717, 1.165) is 16.7 Å². The van der Waals surface area contributed by atoms with Crippen molar-refractivity contribution in [2.75, 3.05) is 6.54 Å². The van der Waals surface area contributed by atoms with Crippen molar-refractivity contribution in [3.63, 3.8) is 0 Å². The molecule has 0 saturated carbocycles. The summed E-state index contributed by atoms with van der Waals surface area (Å²) in [6.07, 6.45) is 1.69. The fourth-order valence-corrected chi connectivity index (χ4v) is 3.54. The highest BCUT2D eigenvalue weighted by molar-refractivity contribution is 6.30. The Morgan fingerprint density at radius 2 is 1.90 bits per heavy atom. The summed E-state index contributed by atoms with van der Waals surface area (Å²) in [5.74, 6) is 0.298. The molecular weight excluding hydrogens is 400 g/mol. The number of benzene rings is 2. The number of nitrogens with zero attached hydrogens (tertiary/aromatic N) is 1. The first-order valence-electron chi connectivity index (χ1n) is 9.82. The van der Waals surface area contributed by atoms with Gasteiger partial charge < -0.3 is 10.1 Å². The maximum Gasteiger partial charge on any atom is 0.226 e. The van der Waals surface area contributed by atoms with Gasteiger partial charge in [-0.1, -0.05) is 54.1 Å². The van der Waals surface area contributed by atoms with Gasteiger partial charge in [-0.25, -0.2) is 10.4 Å². The molecule has 1 saturated heterocycles. The van der Waals surface area contributed by atoms with E-state index in [1.54, 1.807) is 6.20 Å². The predicted octanol–water partition coefficient (Wildman–Crippen LogP) is 3.40. The molecule has 0 bridgehead atoms.